The molecule has 146 valence electrons. The number of nitrogens with zero attached hydrogens (tertiary/aromatic N) is 1. The molecule has 1 saturated carbocycles. The standard InChI is InChI=1S/C17H19BrF2N4O3/c18-11-6-12(19)15(13(20)7-11)21-17(27)23-22-14(25)5-9-3-4-24(8-9)16(26)10-1-2-10/h6-7,9-10H,1-5,8H2,(H,22,25)(H2,21,23,27)/t9-/m0/s1. The van der Waals surface area contributed by atoms with E-state index in [1.165, 1.54) is 0 Å². The molecule has 1 atom stereocenters. The third-order valence-corrected chi connectivity index (χ3v) is 5.02. The highest BCUT2D eigenvalue weighted by atomic mass is 79.9. The lowest BCUT2D eigenvalue weighted by molar-refractivity contribution is -0.132. The zero-order valence-electron chi connectivity index (χ0n) is 14.4. The van der Waals surface area contributed by atoms with Crippen molar-refractivity contribution in [2.45, 2.75) is 25.7 Å². The van der Waals surface area contributed by atoms with Gasteiger partial charge in [-0.25, -0.2) is 19.0 Å². The predicted molar refractivity (Wildman–Crippen MR) is 96.4 cm³/mol. The highest BCUT2D eigenvalue weighted by Crippen LogP contribution is 2.33. The smallest absolute Gasteiger partial charge is 0.338 e. The van der Waals surface area contributed by atoms with E-state index in [1.54, 1.807) is 4.90 Å². The number of carbonyl (C=O) groups is 3. The first-order chi connectivity index (χ1) is 12.8. The first-order valence-electron chi connectivity index (χ1n) is 8.62. The minimum atomic E-state index is -0.972. The van der Waals surface area contributed by atoms with Crippen LogP contribution < -0.4 is 16.2 Å². The van der Waals surface area contributed by atoms with Gasteiger partial charge in [0.15, 0.2) is 11.6 Å². The van der Waals surface area contributed by atoms with Gasteiger partial charge in [0.1, 0.15) is 5.69 Å². The Kier molecular flexibility index (Phi) is 5.93. The summed E-state index contributed by atoms with van der Waals surface area (Å²) in [5.41, 5.74) is 3.65. The maximum absolute atomic E-state index is 13.7. The number of urea groups is 1. The van der Waals surface area contributed by atoms with Gasteiger partial charge in [-0.2, -0.15) is 0 Å². The van der Waals surface area contributed by atoms with Crippen LogP contribution in [0.25, 0.3) is 0 Å². The van der Waals surface area contributed by atoms with E-state index in [4.69, 9.17) is 0 Å². The first-order valence-corrected chi connectivity index (χ1v) is 9.42. The Balaban J connectivity index is 1.41. The van der Waals surface area contributed by atoms with Crippen LogP contribution >= 0.6 is 15.9 Å². The fourth-order valence-corrected chi connectivity index (χ4v) is 3.44. The third kappa shape index (κ3) is 5.15. The van der Waals surface area contributed by atoms with E-state index in [0.29, 0.717) is 13.1 Å². The molecule has 2 fully saturated rings. The molecular weight excluding hydrogens is 426 g/mol. The number of carbonyl (C=O) groups excluding carboxylic acids is 3. The molecule has 3 rings (SSSR count). The van der Waals surface area contributed by atoms with E-state index < -0.39 is 29.3 Å². The second kappa shape index (κ2) is 8.20. The molecule has 1 aromatic rings. The van der Waals surface area contributed by atoms with Gasteiger partial charge < -0.3 is 10.2 Å². The van der Waals surface area contributed by atoms with Crippen molar-refractivity contribution in [3.8, 4) is 0 Å². The summed E-state index contributed by atoms with van der Waals surface area (Å²) in [7, 11) is 0. The molecule has 1 aliphatic heterocycles. The average molecular weight is 445 g/mol. The number of nitrogens with one attached hydrogen (secondary N) is 3. The average Bonchev–Trinajstić information content (AvgIpc) is 3.35. The molecule has 1 aliphatic carbocycles. The molecule has 4 amide bonds. The second-order valence-corrected chi connectivity index (χ2v) is 7.70. The van der Waals surface area contributed by atoms with Crippen LogP contribution in [0.2, 0.25) is 0 Å². The van der Waals surface area contributed by atoms with E-state index in [0.717, 1.165) is 31.4 Å². The molecule has 7 nitrogen and oxygen atoms in total. The fourth-order valence-electron chi connectivity index (χ4n) is 3.03. The number of hydrazine groups is 1. The molecule has 1 saturated heterocycles. The van der Waals surface area contributed by atoms with E-state index in [9.17, 15) is 23.2 Å². The quantitative estimate of drug-likeness (QED) is 0.623. The van der Waals surface area contributed by atoms with E-state index in [1.807, 2.05) is 5.32 Å². The van der Waals surface area contributed by atoms with E-state index in [-0.39, 0.29) is 28.6 Å². The van der Waals surface area contributed by atoms with Crippen LogP contribution in [-0.2, 0) is 9.59 Å². The lowest BCUT2D eigenvalue weighted by Crippen LogP contribution is -2.44. The van der Waals surface area contributed by atoms with Crippen LogP contribution in [0.3, 0.4) is 0 Å². The van der Waals surface area contributed by atoms with Crippen molar-refractivity contribution in [3.63, 3.8) is 0 Å². The number of anilines is 1. The van der Waals surface area contributed by atoms with Crippen LogP contribution in [0.5, 0.6) is 0 Å². The van der Waals surface area contributed by atoms with Crippen LogP contribution in [0, 0.1) is 23.5 Å². The number of benzene rings is 1. The number of halogens is 3. The van der Waals surface area contributed by atoms with Gasteiger partial charge >= 0.3 is 6.03 Å². The first kappa shape index (κ1) is 19.5. The van der Waals surface area contributed by atoms with Crippen molar-refractivity contribution in [1.82, 2.24) is 15.8 Å². The van der Waals surface area contributed by atoms with Gasteiger partial charge in [0.05, 0.1) is 0 Å². The van der Waals surface area contributed by atoms with Crippen molar-refractivity contribution in [1.29, 1.82) is 0 Å². The molecule has 0 spiro atoms. The highest BCUT2D eigenvalue weighted by molar-refractivity contribution is 9.10. The molecule has 0 aromatic heterocycles. The van der Waals surface area contributed by atoms with Gasteiger partial charge in [-0.05, 0) is 37.3 Å². The van der Waals surface area contributed by atoms with Gasteiger partial charge in [0, 0.05) is 29.9 Å². The maximum Gasteiger partial charge on any atom is 0.338 e. The van der Waals surface area contributed by atoms with Crippen LogP contribution in [-0.4, -0.2) is 35.8 Å². The largest absolute Gasteiger partial charge is 0.342 e. The summed E-state index contributed by atoms with van der Waals surface area (Å²) in [4.78, 5) is 37.5. The SMILES string of the molecule is O=C(C[C@@H]1CCN(C(=O)C2CC2)C1)NNC(=O)Nc1c(F)cc(Br)cc1F. The van der Waals surface area contributed by atoms with Crippen LogP contribution in [0.4, 0.5) is 19.3 Å². The van der Waals surface area contributed by atoms with Crippen molar-refractivity contribution in [2.75, 3.05) is 18.4 Å². The molecule has 0 radical (unpaired) electrons. The van der Waals surface area contributed by atoms with Crippen LogP contribution in [0.1, 0.15) is 25.7 Å². The van der Waals surface area contributed by atoms with Crippen molar-refractivity contribution >= 4 is 39.5 Å². The molecular formula is C17H19BrF2N4O3. The molecule has 10 heteroatoms. The second-order valence-electron chi connectivity index (χ2n) is 6.79. The van der Waals surface area contributed by atoms with Gasteiger partial charge in [-0.3, -0.25) is 15.0 Å². The highest BCUT2D eigenvalue weighted by Gasteiger charge is 2.36. The minimum Gasteiger partial charge on any atom is -0.342 e. The molecule has 0 unspecified atom stereocenters. The Morgan fingerprint density at radius 3 is 2.41 bits per heavy atom. The Hall–Kier alpha value is -2.23. The normalized spacial score (nSPS) is 18.9. The maximum atomic E-state index is 13.7. The van der Waals surface area contributed by atoms with E-state index in [2.05, 4.69) is 26.8 Å². The molecule has 1 heterocycles. The van der Waals surface area contributed by atoms with Crippen molar-refractivity contribution in [2.24, 2.45) is 11.8 Å². The van der Waals surface area contributed by atoms with Gasteiger partial charge in [-0.15, -0.1) is 0 Å². The number of amides is 4. The molecule has 0 bridgehead atoms. The van der Waals surface area contributed by atoms with Gasteiger partial charge in [0.2, 0.25) is 11.8 Å². The Morgan fingerprint density at radius 2 is 1.78 bits per heavy atom. The number of hydrogen-bond donors (Lipinski definition) is 3. The summed E-state index contributed by atoms with van der Waals surface area (Å²) in [5.74, 6) is -1.99. The number of likely N-dealkylation sites (tertiary alicyclic amines) is 1. The minimum absolute atomic E-state index is 0.0268. The number of rotatable bonds is 4. The zero-order chi connectivity index (χ0) is 19.6. The zero-order valence-corrected chi connectivity index (χ0v) is 15.9. The summed E-state index contributed by atoms with van der Waals surface area (Å²) in [6.07, 6.45) is 2.77. The fraction of sp³-hybridized carbons (Fsp3) is 0.471. The summed E-state index contributed by atoms with van der Waals surface area (Å²) in [6, 6.07) is 1.04. The molecule has 1 aromatic carbocycles. The predicted octanol–water partition coefficient (Wildman–Crippen LogP) is 2.53. The van der Waals surface area contributed by atoms with E-state index >= 15 is 0 Å². The number of hydrogen-bond acceptors (Lipinski definition) is 3. The summed E-state index contributed by atoms with van der Waals surface area (Å²) >= 11 is 2.94. The van der Waals surface area contributed by atoms with Crippen molar-refractivity contribution in [3.05, 3.63) is 28.2 Å². The lowest BCUT2D eigenvalue weighted by Gasteiger charge is -2.16. The Bertz CT molecular complexity index is 750. The van der Waals surface area contributed by atoms with Crippen molar-refractivity contribution < 1.29 is 23.2 Å². The summed E-state index contributed by atoms with van der Waals surface area (Å²) < 4.78 is 27.5. The monoisotopic (exact) mass is 444 g/mol. The lowest BCUT2D eigenvalue weighted by atomic mass is 10.1. The molecule has 27 heavy (non-hydrogen) atoms. The third-order valence-electron chi connectivity index (χ3n) is 4.56. The van der Waals surface area contributed by atoms with Crippen LogP contribution in [0.15, 0.2) is 16.6 Å². The summed E-state index contributed by atoms with van der Waals surface area (Å²) in [6.45, 7) is 1.17. The summed E-state index contributed by atoms with van der Waals surface area (Å²) in [5, 5.41) is 2.01. The Morgan fingerprint density at radius 1 is 1.11 bits per heavy atom. The molecule has 2 aliphatic rings. The Labute approximate surface area is 162 Å². The topological polar surface area (TPSA) is 90.5 Å². The van der Waals surface area contributed by atoms with Gasteiger partial charge in [-0.1, -0.05) is 15.9 Å². The van der Waals surface area contributed by atoms with Gasteiger partial charge in [0.25, 0.3) is 0 Å². The molecule has 3 N–H and O–H groups in total.